The van der Waals surface area contributed by atoms with Crippen LogP contribution in [0.4, 0.5) is 0 Å². The fourth-order valence-electron chi connectivity index (χ4n) is 0.0582. The van der Waals surface area contributed by atoms with Crippen LogP contribution in [0.5, 0.6) is 0 Å². The van der Waals surface area contributed by atoms with E-state index in [1.54, 1.807) is 0 Å². The average molecular weight is 119 g/mol. The van der Waals surface area contributed by atoms with Crippen LogP contribution in [0, 0.1) is 12.3 Å². The van der Waals surface area contributed by atoms with Crippen molar-refractivity contribution >= 4 is 11.1 Å². The number of rotatable bonds is 1. The largest absolute Gasteiger partial charge is 0.305 e. The predicted molar refractivity (Wildman–Crippen MR) is 27.6 cm³/mol. The second kappa shape index (κ2) is 2.75. The van der Waals surface area contributed by atoms with Crippen molar-refractivity contribution in [2.75, 3.05) is 0 Å². The Labute approximate surface area is 44.2 Å². The second-order valence-corrected chi connectivity index (χ2v) is 1.92. The molecule has 0 aliphatic carbocycles. The molecule has 0 bridgehead atoms. The lowest BCUT2D eigenvalue weighted by atomic mass is 10.7. The highest BCUT2D eigenvalue weighted by atomic mass is 32.2. The van der Waals surface area contributed by atoms with Crippen LogP contribution < -0.4 is 5.73 Å². The molecule has 40 valence electrons. The van der Waals surface area contributed by atoms with E-state index in [0.717, 1.165) is 0 Å². The second-order valence-electron chi connectivity index (χ2n) is 0.863. The maximum absolute atomic E-state index is 9.77. The summed E-state index contributed by atoms with van der Waals surface area (Å²) < 4.78 is 17.8. The van der Waals surface area contributed by atoms with Crippen LogP contribution in [0.25, 0.3) is 0 Å². The molecule has 0 saturated carbocycles. The SMILES string of the molecule is C#CC(N)S(=O)O. The van der Waals surface area contributed by atoms with Gasteiger partial charge in [-0.3, -0.25) is 0 Å². The van der Waals surface area contributed by atoms with Gasteiger partial charge in [-0.2, -0.15) is 0 Å². The molecule has 0 spiro atoms. The minimum Gasteiger partial charge on any atom is -0.305 e. The van der Waals surface area contributed by atoms with E-state index < -0.39 is 16.5 Å². The third-order valence-electron chi connectivity index (χ3n) is 0.381. The fraction of sp³-hybridized carbons (Fsp3) is 0.333. The minimum atomic E-state index is -2.07. The van der Waals surface area contributed by atoms with Crippen LogP contribution in [0.2, 0.25) is 0 Å². The Morgan fingerprint density at radius 3 is 2.43 bits per heavy atom. The van der Waals surface area contributed by atoms with Crippen molar-refractivity contribution in [3.63, 3.8) is 0 Å². The monoisotopic (exact) mass is 119 g/mol. The molecular weight excluding hydrogens is 114 g/mol. The molecular formula is C3H5NO2S. The zero-order valence-electron chi connectivity index (χ0n) is 3.50. The van der Waals surface area contributed by atoms with Crippen LogP contribution >= 0.6 is 0 Å². The van der Waals surface area contributed by atoms with E-state index in [4.69, 9.17) is 10.3 Å². The molecule has 0 radical (unpaired) electrons. The Morgan fingerprint density at radius 2 is 2.43 bits per heavy atom. The highest BCUT2D eigenvalue weighted by Gasteiger charge is 2.00. The summed E-state index contributed by atoms with van der Waals surface area (Å²) in [6.07, 6.45) is 4.64. The van der Waals surface area contributed by atoms with E-state index in [1.807, 2.05) is 5.92 Å². The molecule has 0 heterocycles. The normalized spacial score (nSPS) is 17.3. The third-order valence-corrected chi connectivity index (χ3v) is 0.952. The Hall–Kier alpha value is -0.370. The minimum absolute atomic E-state index is 1.04. The number of hydrogen-bond acceptors (Lipinski definition) is 2. The maximum Gasteiger partial charge on any atom is 0.183 e. The quantitative estimate of drug-likeness (QED) is 0.348. The van der Waals surface area contributed by atoms with Crippen molar-refractivity contribution in [2.45, 2.75) is 5.37 Å². The summed E-state index contributed by atoms with van der Waals surface area (Å²) in [5, 5.41) is -1.04. The van der Waals surface area contributed by atoms with Crippen LogP contribution in [0.15, 0.2) is 0 Å². The Morgan fingerprint density at radius 1 is 2.00 bits per heavy atom. The van der Waals surface area contributed by atoms with Gasteiger partial charge in [0.05, 0.1) is 0 Å². The van der Waals surface area contributed by atoms with Crippen LogP contribution in [-0.2, 0) is 11.1 Å². The molecule has 0 saturated heterocycles. The van der Waals surface area contributed by atoms with E-state index in [2.05, 4.69) is 6.42 Å². The maximum atomic E-state index is 9.77. The number of nitrogens with two attached hydrogens (primary N) is 1. The molecule has 0 aromatic carbocycles. The molecule has 0 aromatic rings. The summed E-state index contributed by atoms with van der Waals surface area (Å²) in [5.74, 6) is 1.89. The summed E-state index contributed by atoms with van der Waals surface area (Å²) in [7, 11) is 0. The molecule has 2 atom stereocenters. The zero-order chi connectivity index (χ0) is 5.86. The molecule has 0 aromatic heterocycles. The molecule has 0 aliphatic rings. The topological polar surface area (TPSA) is 63.3 Å². The van der Waals surface area contributed by atoms with Gasteiger partial charge in [0, 0.05) is 0 Å². The molecule has 0 aliphatic heterocycles. The molecule has 7 heavy (non-hydrogen) atoms. The third kappa shape index (κ3) is 2.34. The lowest BCUT2D eigenvalue weighted by Crippen LogP contribution is -2.22. The van der Waals surface area contributed by atoms with E-state index in [9.17, 15) is 4.21 Å². The lowest BCUT2D eigenvalue weighted by Gasteiger charge is -1.91. The first kappa shape index (κ1) is 6.63. The Kier molecular flexibility index (Phi) is 2.60. The van der Waals surface area contributed by atoms with Crippen molar-refractivity contribution in [2.24, 2.45) is 5.73 Å². The molecule has 4 heteroatoms. The smallest absolute Gasteiger partial charge is 0.183 e. The van der Waals surface area contributed by atoms with E-state index in [-0.39, 0.29) is 0 Å². The van der Waals surface area contributed by atoms with Gasteiger partial charge in [-0.05, 0) is 0 Å². The first-order valence-corrected chi connectivity index (χ1v) is 2.67. The van der Waals surface area contributed by atoms with Gasteiger partial charge in [-0.1, -0.05) is 5.92 Å². The van der Waals surface area contributed by atoms with Crippen LogP contribution in [0.1, 0.15) is 0 Å². The molecule has 0 fully saturated rings. The average Bonchev–Trinajstić information content (AvgIpc) is 1.65. The van der Waals surface area contributed by atoms with Crippen molar-refractivity contribution in [1.82, 2.24) is 0 Å². The molecule has 3 N–H and O–H groups in total. The number of hydrogen-bond donors (Lipinski definition) is 2. The summed E-state index contributed by atoms with van der Waals surface area (Å²) in [6.45, 7) is 0. The van der Waals surface area contributed by atoms with Crippen LogP contribution in [-0.4, -0.2) is 14.1 Å². The van der Waals surface area contributed by atoms with E-state index in [0.29, 0.717) is 0 Å². The predicted octanol–water partition coefficient (Wildman–Crippen LogP) is -0.874. The summed E-state index contributed by atoms with van der Waals surface area (Å²) in [6, 6.07) is 0. The van der Waals surface area contributed by atoms with Crippen molar-refractivity contribution in [3.05, 3.63) is 0 Å². The van der Waals surface area contributed by atoms with E-state index in [1.165, 1.54) is 0 Å². The Balaban J connectivity index is 3.63. The number of terminal acetylenes is 1. The summed E-state index contributed by atoms with van der Waals surface area (Å²) in [5.41, 5.74) is 4.83. The van der Waals surface area contributed by atoms with E-state index >= 15 is 0 Å². The van der Waals surface area contributed by atoms with Gasteiger partial charge < -0.3 is 10.3 Å². The first-order valence-electron chi connectivity index (χ1n) is 1.50. The zero-order valence-corrected chi connectivity index (χ0v) is 4.31. The lowest BCUT2D eigenvalue weighted by molar-refractivity contribution is 0.558. The molecule has 2 unspecified atom stereocenters. The van der Waals surface area contributed by atoms with Gasteiger partial charge in [-0.25, -0.2) is 4.21 Å². The summed E-state index contributed by atoms with van der Waals surface area (Å²) in [4.78, 5) is 0. The van der Waals surface area contributed by atoms with Gasteiger partial charge >= 0.3 is 0 Å². The Bertz CT molecular complexity index is 117. The van der Waals surface area contributed by atoms with Gasteiger partial charge in [0.1, 0.15) is 0 Å². The standard InChI is InChI=1S/C3H5NO2S/c1-2-3(4)7(5)6/h1,3H,4H2,(H,5,6). The fourth-order valence-corrected chi connectivity index (χ4v) is 0.175. The highest BCUT2D eigenvalue weighted by Crippen LogP contribution is 1.76. The van der Waals surface area contributed by atoms with Crippen molar-refractivity contribution in [1.29, 1.82) is 0 Å². The van der Waals surface area contributed by atoms with Gasteiger partial charge in [-0.15, -0.1) is 6.42 Å². The van der Waals surface area contributed by atoms with Gasteiger partial charge in [0.2, 0.25) is 0 Å². The highest BCUT2D eigenvalue weighted by molar-refractivity contribution is 7.80. The molecule has 0 amide bonds. The van der Waals surface area contributed by atoms with Crippen molar-refractivity contribution < 1.29 is 8.76 Å². The summed E-state index contributed by atoms with van der Waals surface area (Å²) >= 11 is -2.07. The molecule has 0 rings (SSSR count). The van der Waals surface area contributed by atoms with Crippen molar-refractivity contribution in [3.8, 4) is 12.3 Å². The first-order chi connectivity index (χ1) is 3.18. The van der Waals surface area contributed by atoms with Gasteiger partial charge in [0.15, 0.2) is 16.5 Å². The van der Waals surface area contributed by atoms with Gasteiger partial charge in [0.25, 0.3) is 0 Å². The van der Waals surface area contributed by atoms with Crippen LogP contribution in [0.3, 0.4) is 0 Å². The molecule has 3 nitrogen and oxygen atoms in total.